The number of piperidine rings is 1. The standard InChI is InChI=1S/C28H35N3O4/c32-20-26-25(30-27(33)15-18-31-16-5-2-6-17-31)14-13-24(35-26)19-28(34)29-23-11-9-22(10-12-23)21-7-3-1-4-8-21/h1,3-4,7-14,24-26,32H,2,5-6,15-20H2,(H,29,34)(H,30,33)/t24-,25+,26+/m1/s1. The van der Waals surface area contributed by atoms with Crippen LogP contribution in [0.15, 0.2) is 66.7 Å². The second-order valence-electron chi connectivity index (χ2n) is 9.22. The van der Waals surface area contributed by atoms with Gasteiger partial charge in [-0.3, -0.25) is 9.59 Å². The molecular weight excluding hydrogens is 442 g/mol. The molecule has 2 aromatic rings. The summed E-state index contributed by atoms with van der Waals surface area (Å²) in [5.74, 6) is -0.227. The summed E-state index contributed by atoms with van der Waals surface area (Å²) in [6.07, 6.45) is 6.79. The maximum absolute atomic E-state index is 12.6. The monoisotopic (exact) mass is 477 g/mol. The maximum atomic E-state index is 12.6. The first kappa shape index (κ1) is 25.1. The van der Waals surface area contributed by atoms with Crippen molar-refractivity contribution in [3.63, 3.8) is 0 Å². The van der Waals surface area contributed by atoms with Gasteiger partial charge >= 0.3 is 0 Å². The zero-order valence-electron chi connectivity index (χ0n) is 20.1. The molecule has 1 fully saturated rings. The van der Waals surface area contributed by atoms with Crippen LogP contribution in [-0.4, -0.2) is 66.3 Å². The summed E-state index contributed by atoms with van der Waals surface area (Å²) in [7, 11) is 0. The number of rotatable bonds is 9. The summed E-state index contributed by atoms with van der Waals surface area (Å²) in [4.78, 5) is 27.3. The normalized spacial score (nSPS) is 22.5. The first-order valence-corrected chi connectivity index (χ1v) is 12.5. The predicted octanol–water partition coefficient (Wildman–Crippen LogP) is 3.36. The lowest BCUT2D eigenvalue weighted by molar-refractivity contribution is -0.126. The van der Waals surface area contributed by atoms with Gasteiger partial charge in [0.25, 0.3) is 0 Å². The third-order valence-corrected chi connectivity index (χ3v) is 6.56. The number of amides is 2. The van der Waals surface area contributed by atoms with Crippen molar-refractivity contribution in [1.29, 1.82) is 0 Å². The van der Waals surface area contributed by atoms with Crippen molar-refractivity contribution in [3.05, 3.63) is 66.7 Å². The van der Waals surface area contributed by atoms with Gasteiger partial charge in [-0.1, -0.05) is 61.0 Å². The van der Waals surface area contributed by atoms with Gasteiger partial charge in [-0.05, 0) is 49.2 Å². The molecule has 2 aliphatic rings. The number of carbonyl (C=O) groups is 2. The van der Waals surface area contributed by atoms with Gasteiger partial charge < -0.3 is 25.4 Å². The van der Waals surface area contributed by atoms with Crippen LogP contribution in [0.3, 0.4) is 0 Å². The molecular formula is C28H35N3O4. The molecule has 0 unspecified atom stereocenters. The quantitative estimate of drug-likeness (QED) is 0.482. The van der Waals surface area contributed by atoms with Crippen LogP contribution in [0.2, 0.25) is 0 Å². The molecule has 1 saturated heterocycles. The van der Waals surface area contributed by atoms with Gasteiger partial charge in [0.15, 0.2) is 0 Å². The molecule has 0 aromatic heterocycles. The van der Waals surface area contributed by atoms with E-state index in [4.69, 9.17) is 4.74 Å². The fourth-order valence-corrected chi connectivity index (χ4v) is 4.61. The lowest BCUT2D eigenvalue weighted by Gasteiger charge is -2.32. The van der Waals surface area contributed by atoms with Crippen LogP contribution in [0.1, 0.15) is 32.1 Å². The van der Waals surface area contributed by atoms with Gasteiger partial charge in [0.1, 0.15) is 6.10 Å². The van der Waals surface area contributed by atoms with E-state index < -0.39 is 18.2 Å². The van der Waals surface area contributed by atoms with Crippen molar-refractivity contribution >= 4 is 17.5 Å². The number of nitrogens with one attached hydrogen (secondary N) is 2. The maximum Gasteiger partial charge on any atom is 0.227 e. The molecule has 2 heterocycles. The molecule has 2 amide bonds. The number of hydrogen-bond acceptors (Lipinski definition) is 5. The van der Waals surface area contributed by atoms with Crippen molar-refractivity contribution in [1.82, 2.24) is 10.2 Å². The van der Waals surface area contributed by atoms with Crippen LogP contribution in [0.5, 0.6) is 0 Å². The molecule has 0 saturated carbocycles. The van der Waals surface area contributed by atoms with Gasteiger partial charge in [-0.15, -0.1) is 0 Å². The number of benzene rings is 2. The predicted molar refractivity (Wildman–Crippen MR) is 137 cm³/mol. The van der Waals surface area contributed by atoms with Crippen LogP contribution < -0.4 is 10.6 Å². The molecule has 2 aliphatic heterocycles. The Morgan fingerprint density at radius 1 is 0.914 bits per heavy atom. The Kier molecular flexibility index (Phi) is 9.06. The van der Waals surface area contributed by atoms with Gasteiger partial charge in [-0.2, -0.15) is 0 Å². The highest BCUT2D eigenvalue weighted by molar-refractivity contribution is 5.91. The van der Waals surface area contributed by atoms with Gasteiger partial charge in [0.2, 0.25) is 11.8 Å². The first-order valence-electron chi connectivity index (χ1n) is 12.5. The first-order chi connectivity index (χ1) is 17.1. The summed E-state index contributed by atoms with van der Waals surface area (Å²) < 4.78 is 5.91. The van der Waals surface area contributed by atoms with E-state index in [1.807, 2.05) is 60.7 Å². The van der Waals surface area contributed by atoms with E-state index in [2.05, 4.69) is 15.5 Å². The molecule has 35 heavy (non-hydrogen) atoms. The molecule has 7 nitrogen and oxygen atoms in total. The Morgan fingerprint density at radius 3 is 2.34 bits per heavy atom. The lowest BCUT2D eigenvalue weighted by atomic mass is 10.0. The SMILES string of the molecule is O=C(C[C@H]1C=C[C@H](NC(=O)CCN2CCCCC2)[C@H](CO)O1)Nc1ccc(-c2ccccc2)cc1. The van der Waals surface area contributed by atoms with E-state index in [1.165, 1.54) is 19.3 Å². The fraction of sp³-hybridized carbons (Fsp3) is 0.429. The second-order valence-corrected chi connectivity index (χ2v) is 9.22. The topological polar surface area (TPSA) is 90.9 Å². The van der Waals surface area contributed by atoms with Crippen molar-refractivity contribution < 1.29 is 19.4 Å². The molecule has 0 bridgehead atoms. The summed E-state index contributed by atoms with van der Waals surface area (Å²) in [5.41, 5.74) is 2.92. The number of ether oxygens (including phenoxy) is 1. The third kappa shape index (κ3) is 7.49. The Hall–Kier alpha value is -3.00. The number of anilines is 1. The van der Waals surface area contributed by atoms with Crippen LogP contribution in [0.4, 0.5) is 5.69 Å². The number of nitrogens with zero attached hydrogens (tertiary/aromatic N) is 1. The Labute approximate surface area is 207 Å². The highest BCUT2D eigenvalue weighted by Gasteiger charge is 2.29. The van der Waals surface area contributed by atoms with E-state index in [-0.39, 0.29) is 24.8 Å². The summed E-state index contributed by atoms with van der Waals surface area (Å²) in [6, 6.07) is 17.4. The van der Waals surface area contributed by atoms with Gasteiger partial charge in [0.05, 0.1) is 25.2 Å². The van der Waals surface area contributed by atoms with Crippen molar-refractivity contribution in [2.45, 2.75) is 50.4 Å². The zero-order chi connectivity index (χ0) is 24.5. The van der Waals surface area contributed by atoms with E-state index in [9.17, 15) is 14.7 Å². The van der Waals surface area contributed by atoms with Crippen molar-refractivity contribution in [2.24, 2.45) is 0 Å². The second kappa shape index (κ2) is 12.6. The molecule has 2 aromatic carbocycles. The molecule has 186 valence electrons. The molecule has 0 aliphatic carbocycles. The largest absolute Gasteiger partial charge is 0.394 e. The minimum Gasteiger partial charge on any atom is -0.394 e. The van der Waals surface area contributed by atoms with E-state index in [1.54, 1.807) is 6.08 Å². The van der Waals surface area contributed by atoms with Gasteiger partial charge in [0, 0.05) is 18.7 Å². The lowest BCUT2D eigenvalue weighted by Crippen LogP contribution is -2.49. The summed E-state index contributed by atoms with van der Waals surface area (Å²) in [5, 5.41) is 15.7. The van der Waals surface area contributed by atoms with Crippen LogP contribution in [-0.2, 0) is 14.3 Å². The Bertz CT molecular complexity index is 987. The average Bonchev–Trinajstić information content (AvgIpc) is 2.90. The minimum atomic E-state index is -0.582. The van der Waals surface area contributed by atoms with Crippen molar-refractivity contribution in [3.8, 4) is 11.1 Å². The summed E-state index contributed by atoms with van der Waals surface area (Å²) >= 11 is 0. The molecule has 0 spiro atoms. The Morgan fingerprint density at radius 2 is 1.63 bits per heavy atom. The average molecular weight is 478 g/mol. The number of carbonyl (C=O) groups excluding carboxylic acids is 2. The Balaban J connectivity index is 1.24. The third-order valence-electron chi connectivity index (χ3n) is 6.56. The number of aliphatic hydroxyl groups is 1. The minimum absolute atomic E-state index is 0.0533. The number of aliphatic hydroxyl groups excluding tert-OH is 1. The molecule has 0 radical (unpaired) electrons. The van der Waals surface area contributed by atoms with Gasteiger partial charge in [-0.25, -0.2) is 0 Å². The fourth-order valence-electron chi connectivity index (χ4n) is 4.61. The van der Waals surface area contributed by atoms with E-state index in [0.717, 1.165) is 30.8 Å². The zero-order valence-corrected chi connectivity index (χ0v) is 20.1. The highest BCUT2D eigenvalue weighted by Crippen LogP contribution is 2.22. The van der Waals surface area contributed by atoms with E-state index in [0.29, 0.717) is 12.1 Å². The van der Waals surface area contributed by atoms with Crippen LogP contribution in [0.25, 0.3) is 11.1 Å². The van der Waals surface area contributed by atoms with Crippen LogP contribution in [0, 0.1) is 0 Å². The smallest absolute Gasteiger partial charge is 0.227 e. The van der Waals surface area contributed by atoms with E-state index >= 15 is 0 Å². The van der Waals surface area contributed by atoms with Crippen LogP contribution >= 0.6 is 0 Å². The molecule has 4 rings (SSSR count). The molecule has 7 heteroatoms. The molecule has 3 N–H and O–H groups in total. The van der Waals surface area contributed by atoms with Crippen molar-refractivity contribution in [2.75, 3.05) is 31.6 Å². The molecule has 3 atom stereocenters. The number of likely N-dealkylation sites (tertiary alicyclic amines) is 1. The number of hydrogen-bond donors (Lipinski definition) is 3. The highest BCUT2D eigenvalue weighted by atomic mass is 16.5. The summed E-state index contributed by atoms with van der Waals surface area (Å²) in [6.45, 7) is 2.63.